The first-order valence-corrected chi connectivity index (χ1v) is 5.49. The third-order valence-corrected chi connectivity index (χ3v) is 2.70. The Hall–Kier alpha value is -1.21. The van der Waals surface area contributed by atoms with Gasteiger partial charge in [0.05, 0.1) is 0 Å². The molecule has 1 rings (SSSR count). The summed E-state index contributed by atoms with van der Waals surface area (Å²) in [6.07, 6.45) is -0.0360. The Morgan fingerprint density at radius 3 is 2.24 bits per heavy atom. The molecule has 0 unspecified atom stereocenters. The molecule has 1 atom stereocenters. The van der Waals surface area contributed by atoms with E-state index >= 15 is 0 Å². The van der Waals surface area contributed by atoms with Crippen molar-refractivity contribution in [1.82, 2.24) is 0 Å². The van der Waals surface area contributed by atoms with E-state index in [1.54, 1.807) is 0 Å². The summed E-state index contributed by atoms with van der Waals surface area (Å²) in [7, 11) is 0. The first-order valence-electron chi connectivity index (χ1n) is 4.67. The zero-order valence-electron chi connectivity index (χ0n) is 8.70. The zero-order chi connectivity index (χ0) is 13.1. The Balaban J connectivity index is 2.71. The van der Waals surface area contributed by atoms with Gasteiger partial charge in [-0.2, -0.15) is 13.2 Å². The molecular weight excluding hydrogens is 253 g/mol. The van der Waals surface area contributed by atoms with Crippen LogP contribution >= 0.6 is 11.8 Å². The van der Waals surface area contributed by atoms with Gasteiger partial charge in [-0.1, -0.05) is 12.1 Å². The van der Waals surface area contributed by atoms with E-state index in [2.05, 4.69) is 0 Å². The normalized spacial score (nSPS) is 13.4. The van der Waals surface area contributed by atoms with Crippen molar-refractivity contribution in [2.45, 2.75) is 22.9 Å². The van der Waals surface area contributed by atoms with E-state index < -0.39 is 17.5 Å². The standard InChI is InChI=1S/C10H11F3N2OS/c11-10(12,13)17-7-3-1-6(2-4-7)8(14)5-9(15)16/h1-4,8H,5,14H2,(H2,15,16)/t8-/m0/s1. The molecule has 3 nitrogen and oxygen atoms in total. The fraction of sp³-hybridized carbons (Fsp3) is 0.300. The molecule has 0 aliphatic heterocycles. The molecule has 0 saturated heterocycles. The molecule has 1 amide bonds. The lowest BCUT2D eigenvalue weighted by Gasteiger charge is -2.11. The minimum Gasteiger partial charge on any atom is -0.370 e. The molecule has 0 spiro atoms. The lowest BCUT2D eigenvalue weighted by molar-refractivity contribution is -0.118. The summed E-state index contributed by atoms with van der Waals surface area (Å²) in [5.74, 6) is -0.550. The molecule has 0 heterocycles. The molecule has 94 valence electrons. The van der Waals surface area contributed by atoms with Crippen LogP contribution in [0.1, 0.15) is 18.0 Å². The molecule has 1 aromatic rings. The van der Waals surface area contributed by atoms with Crippen molar-refractivity contribution in [3.63, 3.8) is 0 Å². The van der Waals surface area contributed by atoms with Crippen LogP contribution in [0.3, 0.4) is 0 Å². The Bertz CT molecular complexity index is 392. The number of halogens is 3. The SMILES string of the molecule is NC(=O)C[C@H](N)c1ccc(SC(F)(F)F)cc1. The zero-order valence-corrected chi connectivity index (χ0v) is 9.52. The number of thioether (sulfide) groups is 1. The molecule has 0 fully saturated rings. The fourth-order valence-corrected chi connectivity index (χ4v) is 1.79. The number of carbonyl (C=O) groups excluding carboxylic acids is 1. The van der Waals surface area contributed by atoms with Gasteiger partial charge in [-0.05, 0) is 29.5 Å². The van der Waals surface area contributed by atoms with Crippen LogP contribution in [0.5, 0.6) is 0 Å². The van der Waals surface area contributed by atoms with Gasteiger partial charge in [0.15, 0.2) is 0 Å². The second kappa shape index (κ2) is 5.42. The highest BCUT2D eigenvalue weighted by Gasteiger charge is 2.29. The van der Waals surface area contributed by atoms with Gasteiger partial charge in [0.2, 0.25) is 5.91 Å². The summed E-state index contributed by atoms with van der Waals surface area (Å²) in [5.41, 5.74) is 6.89. The minimum absolute atomic E-state index is 0.0360. The number of rotatable bonds is 4. The number of hydrogen-bond donors (Lipinski definition) is 2. The van der Waals surface area contributed by atoms with E-state index in [0.29, 0.717) is 5.56 Å². The van der Waals surface area contributed by atoms with Crippen molar-refractivity contribution in [3.8, 4) is 0 Å². The maximum absolute atomic E-state index is 12.0. The molecule has 4 N–H and O–H groups in total. The quantitative estimate of drug-likeness (QED) is 0.819. The average Bonchev–Trinajstić information content (AvgIpc) is 2.15. The summed E-state index contributed by atoms with van der Waals surface area (Å²) in [6, 6.07) is 4.96. The van der Waals surface area contributed by atoms with Crippen LogP contribution in [0.25, 0.3) is 0 Å². The smallest absolute Gasteiger partial charge is 0.370 e. The van der Waals surface area contributed by atoms with Gasteiger partial charge < -0.3 is 11.5 Å². The Morgan fingerprint density at radius 2 is 1.82 bits per heavy atom. The van der Waals surface area contributed by atoms with Gasteiger partial charge >= 0.3 is 5.51 Å². The van der Waals surface area contributed by atoms with Crippen molar-refractivity contribution in [1.29, 1.82) is 0 Å². The number of amides is 1. The highest BCUT2D eigenvalue weighted by atomic mass is 32.2. The first-order chi connectivity index (χ1) is 7.78. The predicted octanol–water partition coefficient (Wildman–Crippen LogP) is 2.17. The number of alkyl halides is 3. The number of nitrogens with two attached hydrogens (primary N) is 2. The summed E-state index contributed by atoms with van der Waals surface area (Å²) in [6.45, 7) is 0. The topological polar surface area (TPSA) is 69.1 Å². The lowest BCUT2D eigenvalue weighted by Crippen LogP contribution is -2.20. The van der Waals surface area contributed by atoms with Gasteiger partial charge in [0.25, 0.3) is 0 Å². The van der Waals surface area contributed by atoms with E-state index in [-0.39, 0.29) is 23.1 Å². The number of benzene rings is 1. The van der Waals surface area contributed by atoms with Gasteiger partial charge in [-0.3, -0.25) is 4.79 Å². The summed E-state index contributed by atoms with van der Waals surface area (Å²) < 4.78 is 36.1. The number of primary amides is 1. The first kappa shape index (κ1) is 13.9. The van der Waals surface area contributed by atoms with Crippen molar-refractivity contribution in [2.24, 2.45) is 11.5 Å². The minimum atomic E-state index is -4.31. The maximum atomic E-state index is 12.0. The Morgan fingerprint density at radius 1 is 1.29 bits per heavy atom. The van der Waals surface area contributed by atoms with Crippen LogP contribution in [0.15, 0.2) is 29.2 Å². The van der Waals surface area contributed by atoms with Crippen molar-refractivity contribution in [3.05, 3.63) is 29.8 Å². The van der Waals surface area contributed by atoms with Gasteiger partial charge in [-0.25, -0.2) is 0 Å². The van der Waals surface area contributed by atoms with Gasteiger partial charge in [0, 0.05) is 17.4 Å². The number of hydrogen-bond acceptors (Lipinski definition) is 3. The van der Waals surface area contributed by atoms with E-state index in [4.69, 9.17) is 11.5 Å². The van der Waals surface area contributed by atoms with Crippen molar-refractivity contribution in [2.75, 3.05) is 0 Å². The van der Waals surface area contributed by atoms with Crippen LogP contribution in [0, 0.1) is 0 Å². The maximum Gasteiger partial charge on any atom is 0.446 e. The van der Waals surface area contributed by atoms with Gasteiger partial charge in [0.1, 0.15) is 0 Å². The van der Waals surface area contributed by atoms with Crippen LogP contribution in [-0.2, 0) is 4.79 Å². The second-order valence-corrected chi connectivity index (χ2v) is 4.53. The van der Waals surface area contributed by atoms with Crippen molar-refractivity contribution >= 4 is 17.7 Å². The molecule has 0 aliphatic carbocycles. The predicted molar refractivity (Wildman–Crippen MR) is 59.1 cm³/mol. The monoisotopic (exact) mass is 264 g/mol. The summed E-state index contributed by atoms with van der Waals surface area (Å²) >= 11 is -0.197. The van der Waals surface area contributed by atoms with Crippen LogP contribution in [0.2, 0.25) is 0 Å². The Kier molecular flexibility index (Phi) is 4.41. The largest absolute Gasteiger partial charge is 0.446 e. The van der Waals surface area contributed by atoms with Crippen LogP contribution in [-0.4, -0.2) is 11.4 Å². The highest BCUT2D eigenvalue weighted by molar-refractivity contribution is 8.00. The third-order valence-electron chi connectivity index (χ3n) is 1.96. The van der Waals surface area contributed by atoms with E-state index in [9.17, 15) is 18.0 Å². The van der Waals surface area contributed by atoms with Crippen LogP contribution in [0.4, 0.5) is 13.2 Å². The molecule has 0 saturated carbocycles. The summed E-state index contributed by atoms with van der Waals surface area (Å²) in [4.78, 5) is 10.7. The lowest BCUT2D eigenvalue weighted by atomic mass is 10.0. The molecule has 0 aromatic heterocycles. The van der Waals surface area contributed by atoms with E-state index in [1.807, 2.05) is 0 Å². The van der Waals surface area contributed by atoms with E-state index in [1.165, 1.54) is 24.3 Å². The molecule has 7 heteroatoms. The molecule has 0 radical (unpaired) electrons. The number of carbonyl (C=O) groups is 1. The summed E-state index contributed by atoms with van der Waals surface area (Å²) in [5, 5.41) is 0. The van der Waals surface area contributed by atoms with Gasteiger partial charge in [-0.15, -0.1) is 0 Å². The molecule has 17 heavy (non-hydrogen) atoms. The molecule has 1 aromatic carbocycles. The molecular formula is C10H11F3N2OS. The Labute approximate surface area is 100 Å². The third kappa shape index (κ3) is 5.10. The molecule has 0 aliphatic rings. The van der Waals surface area contributed by atoms with Crippen molar-refractivity contribution < 1.29 is 18.0 Å². The molecule has 0 bridgehead atoms. The fourth-order valence-electron chi connectivity index (χ4n) is 1.25. The van der Waals surface area contributed by atoms with E-state index in [0.717, 1.165) is 0 Å². The average molecular weight is 264 g/mol. The van der Waals surface area contributed by atoms with Crippen LogP contribution < -0.4 is 11.5 Å². The second-order valence-electron chi connectivity index (χ2n) is 3.39. The highest BCUT2D eigenvalue weighted by Crippen LogP contribution is 2.36.